The molecule has 0 fully saturated rings. The van der Waals surface area contributed by atoms with Crippen LogP contribution >= 0.6 is 11.3 Å². The van der Waals surface area contributed by atoms with E-state index in [1.165, 1.54) is 4.88 Å². The first-order valence-corrected chi connectivity index (χ1v) is 9.57. The van der Waals surface area contributed by atoms with E-state index in [1.807, 2.05) is 42.6 Å². The van der Waals surface area contributed by atoms with Gasteiger partial charge in [0.25, 0.3) is 5.91 Å². The van der Waals surface area contributed by atoms with Gasteiger partial charge in [0.2, 0.25) is 0 Å². The Morgan fingerprint density at radius 3 is 2.92 bits per heavy atom. The lowest BCUT2D eigenvalue weighted by atomic mass is 10.00. The molecule has 0 aliphatic carbocycles. The standard InChI is InChI=1S/C20H20N4OS/c25-20(23-8-7-15-4-3-11-26-15)17-6-2-1-5-16(17)14-12-18-19(24-13-14)22-10-9-21-18/h1-6,11-13,21H,7-10H2,(H,22,24)(H,23,25). The van der Waals surface area contributed by atoms with Gasteiger partial charge >= 0.3 is 0 Å². The molecule has 26 heavy (non-hydrogen) atoms. The van der Waals surface area contributed by atoms with Gasteiger partial charge in [-0.1, -0.05) is 24.3 Å². The molecular weight excluding hydrogens is 344 g/mol. The number of aromatic nitrogens is 1. The number of thiophene rings is 1. The minimum atomic E-state index is -0.0547. The summed E-state index contributed by atoms with van der Waals surface area (Å²) < 4.78 is 0. The molecule has 1 amide bonds. The van der Waals surface area contributed by atoms with E-state index >= 15 is 0 Å². The molecule has 1 aliphatic rings. The summed E-state index contributed by atoms with van der Waals surface area (Å²) in [5.74, 6) is 0.804. The number of carbonyl (C=O) groups excluding carboxylic acids is 1. The quantitative estimate of drug-likeness (QED) is 0.647. The van der Waals surface area contributed by atoms with Crippen LogP contribution in [-0.4, -0.2) is 30.5 Å². The highest BCUT2D eigenvalue weighted by molar-refractivity contribution is 7.09. The average Bonchev–Trinajstić information content (AvgIpc) is 3.21. The van der Waals surface area contributed by atoms with E-state index in [2.05, 4.69) is 32.4 Å². The van der Waals surface area contributed by atoms with E-state index < -0.39 is 0 Å². The highest BCUT2D eigenvalue weighted by Crippen LogP contribution is 2.30. The Bertz CT molecular complexity index is 908. The molecule has 0 unspecified atom stereocenters. The third kappa shape index (κ3) is 3.55. The maximum atomic E-state index is 12.7. The second kappa shape index (κ2) is 7.58. The Kier molecular flexibility index (Phi) is 4.84. The van der Waals surface area contributed by atoms with Crippen LogP contribution in [0.15, 0.2) is 54.0 Å². The van der Waals surface area contributed by atoms with Crippen molar-refractivity contribution in [2.75, 3.05) is 30.3 Å². The summed E-state index contributed by atoms with van der Waals surface area (Å²) in [7, 11) is 0. The van der Waals surface area contributed by atoms with Crippen molar-refractivity contribution in [3.05, 3.63) is 64.5 Å². The summed E-state index contributed by atoms with van der Waals surface area (Å²) in [6.07, 6.45) is 2.66. The molecule has 0 bridgehead atoms. The summed E-state index contributed by atoms with van der Waals surface area (Å²) in [5, 5.41) is 11.7. The number of hydrogen-bond donors (Lipinski definition) is 3. The van der Waals surface area contributed by atoms with Gasteiger partial charge < -0.3 is 16.0 Å². The van der Waals surface area contributed by atoms with Crippen molar-refractivity contribution in [3.63, 3.8) is 0 Å². The maximum absolute atomic E-state index is 12.7. The predicted octanol–water partition coefficient (Wildman–Crippen LogP) is 3.62. The lowest BCUT2D eigenvalue weighted by Gasteiger charge is -2.20. The van der Waals surface area contributed by atoms with Crippen molar-refractivity contribution in [2.24, 2.45) is 0 Å². The van der Waals surface area contributed by atoms with Crippen LogP contribution in [0.5, 0.6) is 0 Å². The van der Waals surface area contributed by atoms with E-state index in [-0.39, 0.29) is 5.91 Å². The fraction of sp³-hybridized carbons (Fsp3) is 0.200. The zero-order valence-electron chi connectivity index (χ0n) is 14.3. The van der Waals surface area contributed by atoms with Crippen molar-refractivity contribution in [1.82, 2.24) is 10.3 Å². The van der Waals surface area contributed by atoms with Gasteiger partial charge in [-0.15, -0.1) is 11.3 Å². The molecule has 0 radical (unpaired) electrons. The topological polar surface area (TPSA) is 66.0 Å². The van der Waals surface area contributed by atoms with Gasteiger partial charge in [-0.2, -0.15) is 0 Å². The molecule has 3 heterocycles. The third-order valence-corrected chi connectivity index (χ3v) is 5.28. The van der Waals surface area contributed by atoms with Crippen LogP contribution in [0.4, 0.5) is 11.5 Å². The Morgan fingerprint density at radius 2 is 2.04 bits per heavy atom. The molecule has 1 aliphatic heterocycles. The summed E-state index contributed by atoms with van der Waals surface area (Å²) in [6.45, 7) is 2.35. The molecule has 0 spiro atoms. The average molecular weight is 364 g/mol. The molecule has 3 aromatic rings. The fourth-order valence-electron chi connectivity index (χ4n) is 3.05. The number of benzene rings is 1. The van der Waals surface area contributed by atoms with Crippen molar-refractivity contribution < 1.29 is 4.79 Å². The van der Waals surface area contributed by atoms with Gasteiger partial charge in [0, 0.05) is 41.8 Å². The Balaban J connectivity index is 1.53. The number of amides is 1. The van der Waals surface area contributed by atoms with Crippen molar-refractivity contribution in [1.29, 1.82) is 0 Å². The highest BCUT2D eigenvalue weighted by atomic mass is 32.1. The highest BCUT2D eigenvalue weighted by Gasteiger charge is 2.15. The number of pyridine rings is 1. The van der Waals surface area contributed by atoms with Crippen LogP contribution in [0, 0.1) is 0 Å². The molecule has 0 atom stereocenters. The second-order valence-electron chi connectivity index (χ2n) is 6.10. The first kappa shape index (κ1) is 16.6. The Hall–Kier alpha value is -2.86. The normalized spacial score (nSPS) is 12.6. The summed E-state index contributed by atoms with van der Waals surface area (Å²) in [5.41, 5.74) is 3.47. The predicted molar refractivity (Wildman–Crippen MR) is 107 cm³/mol. The smallest absolute Gasteiger partial charge is 0.251 e. The van der Waals surface area contributed by atoms with Crippen LogP contribution in [0.25, 0.3) is 11.1 Å². The monoisotopic (exact) mass is 364 g/mol. The van der Waals surface area contributed by atoms with Gasteiger partial charge in [0.05, 0.1) is 5.69 Å². The van der Waals surface area contributed by atoms with Gasteiger partial charge in [-0.25, -0.2) is 4.98 Å². The van der Waals surface area contributed by atoms with Crippen LogP contribution in [0.2, 0.25) is 0 Å². The number of anilines is 2. The molecule has 0 saturated heterocycles. The molecule has 132 valence electrons. The minimum Gasteiger partial charge on any atom is -0.380 e. The number of hydrogen-bond acceptors (Lipinski definition) is 5. The lowest BCUT2D eigenvalue weighted by Crippen LogP contribution is -2.26. The van der Waals surface area contributed by atoms with Gasteiger partial charge in [-0.05, 0) is 35.6 Å². The number of fused-ring (bicyclic) bond motifs is 1. The molecule has 1 aromatic carbocycles. The Labute approximate surface area is 156 Å². The molecule has 4 rings (SSSR count). The lowest BCUT2D eigenvalue weighted by molar-refractivity contribution is 0.0955. The van der Waals surface area contributed by atoms with Crippen molar-refractivity contribution in [2.45, 2.75) is 6.42 Å². The van der Waals surface area contributed by atoms with Crippen molar-refractivity contribution in [3.8, 4) is 11.1 Å². The third-order valence-electron chi connectivity index (χ3n) is 4.34. The number of rotatable bonds is 5. The molecule has 6 heteroatoms. The molecule has 5 nitrogen and oxygen atoms in total. The van der Waals surface area contributed by atoms with Gasteiger partial charge in [0.15, 0.2) is 0 Å². The molecule has 3 N–H and O–H groups in total. The van der Waals surface area contributed by atoms with Gasteiger partial charge in [0.1, 0.15) is 5.82 Å². The first-order valence-electron chi connectivity index (χ1n) is 8.69. The second-order valence-corrected chi connectivity index (χ2v) is 7.14. The SMILES string of the molecule is O=C(NCCc1cccs1)c1ccccc1-c1cnc2c(c1)NCCN2. The van der Waals surface area contributed by atoms with Gasteiger partial charge in [-0.3, -0.25) is 4.79 Å². The first-order chi connectivity index (χ1) is 12.8. The van der Waals surface area contributed by atoms with Crippen LogP contribution < -0.4 is 16.0 Å². The fourth-order valence-corrected chi connectivity index (χ4v) is 3.76. The molecule has 0 saturated carbocycles. The minimum absolute atomic E-state index is 0.0547. The molecular formula is C20H20N4OS. The number of nitrogens with zero attached hydrogens (tertiary/aromatic N) is 1. The van der Waals surface area contributed by atoms with Crippen LogP contribution in [0.1, 0.15) is 15.2 Å². The maximum Gasteiger partial charge on any atom is 0.251 e. The van der Waals surface area contributed by atoms with E-state index in [4.69, 9.17) is 0 Å². The van der Waals surface area contributed by atoms with Crippen molar-refractivity contribution >= 4 is 28.7 Å². The van der Waals surface area contributed by atoms with E-state index in [9.17, 15) is 4.79 Å². The van der Waals surface area contributed by atoms with Crippen LogP contribution in [-0.2, 0) is 6.42 Å². The van der Waals surface area contributed by atoms with E-state index in [1.54, 1.807) is 11.3 Å². The number of nitrogens with one attached hydrogen (secondary N) is 3. The molecule has 2 aromatic heterocycles. The van der Waals surface area contributed by atoms with Crippen LogP contribution in [0.3, 0.4) is 0 Å². The Morgan fingerprint density at radius 1 is 1.15 bits per heavy atom. The zero-order chi connectivity index (χ0) is 17.8. The largest absolute Gasteiger partial charge is 0.380 e. The van der Waals surface area contributed by atoms with E-state index in [0.717, 1.165) is 42.1 Å². The zero-order valence-corrected chi connectivity index (χ0v) is 15.1. The summed E-state index contributed by atoms with van der Waals surface area (Å²) >= 11 is 1.71. The summed E-state index contributed by atoms with van der Waals surface area (Å²) in [4.78, 5) is 18.5. The number of carbonyl (C=O) groups is 1. The van der Waals surface area contributed by atoms with E-state index in [0.29, 0.717) is 12.1 Å². The summed E-state index contributed by atoms with van der Waals surface area (Å²) in [6, 6.07) is 13.8.